The standard InChI is InChI=1S/C20H30BrN3O2/c1-13-8-14(2)11-24(10-13)20(26)16(4)23(5)12-19(25)22-18-7-6-17(21)9-15(18)3/h6-7,9,13-14,16H,8,10-12H2,1-5H3,(H,22,25). The van der Waals surface area contributed by atoms with Gasteiger partial charge < -0.3 is 10.2 Å². The van der Waals surface area contributed by atoms with Crippen molar-refractivity contribution in [3.05, 3.63) is 28.2 Å². The highest BCUT2D eigenvalue weighted by molar-refractivity contribution is 9.10. The van der Waals surface area contributed by atoms with Crippen molar-refractivity contribution < 1.29 is 9.59 Å². The average Bonchev–Trinajstić information content (AvgIpc) is 2.55. The maximum absolute atomic E-state index is 12.8. The summed E-state index contributed by atoms with van der Waals surface area (Å²) in [7, 11) is 1.83. The third-order valence-corrected chi connectivity index (χ3v) is 5.55. The molecule has 0 spiro atoms. The third-order valence-electron chi connectivity index (χ3n) is 5.05. The minimum atomic E-state index is -0.315. The monoisotopic (exact) mass is 423 g/mol. The van der Waals surface area contributed by atoms with Crippen molar-refractivity contribution >= 4 is 33.4 Å². The highest BCUT2D eigenvalue weighted by Gasteiger charge is 2.30. The molecule has 3 unspecified atom stereocenters. The van der Waals surface area contributed by atoms with Gasteiger partial charge in [0.2, 0.25) is 11.8 Å². The number of carbonyl (C=O) groups is 2. The fourth-order valence-corrected chi connectivity index (χ4v) is 4.09. The lowest BCUT2D eigenvalue weighted by atomic mass is 9.91. The number of likely N-dealkylation sites (tertiary alicyclic amines) is 1. The Morgan fingerprint density at radius 3 is 2.50 bits per heavy atom. The van der Waals surface area contributed by atoms with Crippen LogP contribution in [0.5, 0.6) is 0 Å². The highest BCUT2D eigenvalue weighted by Crippen LogP contribution is 2.22. The van der Waals surface area contributed by atoms with E-state index < -0.39 is 0 Å². The predicted octanol–water partition coefficient (Wildman–Crippen LogP) is 3.52. The molecule has 6 heteroatoms. The molecule has 1 fully saturated rings. The van der Waals surface area contributed by atoms with Gasteiger partial charge in [-0.2, -0.15) is 0 Å². The number of likely N-dealkylation sites (N-methyl/N-ethyl adjacent to an activating group) is 1. The molecule has 0 aromatic heterocycles. The van der Waals surface area contributed by atoms with E-state index in [4.69, 9.17) is 0 Å². The lowest BCUT2D eigenvalue weighted by Crippen LogP contribution is -2.51. The van der Waals surface area contributed by atoms with Gasteiger partial charge in [-0.15, -0.1) is 0 Å². The Labute approximate surface area is 165 Å². The number of aryl methyl sites for hydroxylation is 1. The Hall–Kier alpha value is -1.40. The number of rotatable bonds is 5. The lowest BCUT2D eigenvalue weighted by Gasteiger charge is -2.38. The number of amides is 2. The Kier molecular flexibility index (Phi) is 7.24. The van der Waals surface area contributed by atoms with Crippen LogP contribution in [-0.4, -0.2) is 54.3 Å². The molecule has 0 bridgehead atoms. The SMILES string of the molecule is Cc1cc(Br)ccc1NC(=O)CN(C)C(C)C(=O)N1CC(C)CC(C)C1. The van der Waals surface area contributed by atoms with E-state index in [0.717, 1.165) is 28.8 Å². The fourth-order valence-electron chi connectivity index (χ4n) is 3.62. The van der Waals surface area contributed by atoms with E-state index >= 15 is 0 Å². The molecule has 5 nitrogen and oxygen atoms in total. The number of anilines is 1. The summed E-state index contributed by atoms with van der Waals surface area (Å²) in [6.07, 6.45) is 1.17. The smallest absolute Gasteiger partial charge is 0.239 e. The van der Waals surface area contributed by atoms with E-state index in [1.54, 1.807) is 0 Å². The van der Waals surface area contributed by atoms with Gasteiger partial charge in [-0.1, -0.05) is 29.8 Å². The maximum Gasteiger partial charge on any atom is 0.239 e. The minimum absolute atomic E-state index is 0.110. The number of benzene rings is 1. The first-order valence-corrected chi connectivity index (χ1v) is 10.0. The molecule has 3 atom stereocenters. The quantitative estimate of drug-likeness (QED) is 0.787. The van der Waals surface area contributed by atoms with Gasteiger partial charge in [0.1, 0.15) is 0 Å². The van der Waals surface area contributed by atoms with Crippen molar-refractivity contribution in [1.82, 2.24) is 9.80 Å². The Morgan fingerprint density at radius 1 is 1.31 bits per heavy atom. The summed E-state index contributed by atoms with van der Waals surface area (Å²) < 4.78 is 0.981. The molecule has 0 radical (unpaired) electrons. The topological polar surface area (TPSA) is 52.7 Å². The van der Waals surface area contributed by atoms with E-state index in [1.807, 2.05) is 48.9 Å². The van der Waals surface area contributed by atoms with E-state index in [1.165, 1.54) is 6.42 Å². The molecule has 1 saturated heterocycles. The van der Waals surface area contributed by atoms with Gasteiger partial charge in [-0.25, -0.2) is 0 Å². The molecule has 1 aliphatic heterocycles. The molecule has 2 amide bonds. The second-order valence-electron chi connectivity index (χ2n) is 7.79. The van der Waals surface area contributed by atoms with Crippen molar-refractivity contribution in [2.24, 2.45) is 11.8 Å². The summed E-state index contributed by atoms with van der Waals surface area (Å²) >= 11 is 3.42. The largest absolute Gasteiger partial charge is 0.341 e. The zero-order chi connectivity index (χ0) is 19.4. The van der Waals surface area contributed by atoms with E-state index in [-0.39, 0.29) is 24.4 Å². The number of nitrogens with zero attached hydrogens (tertiary/aromatic N) is 2. The van der Waals surface area contributed by atoms with Gasteiger partial charge in [0.15, 0.2) is 0 Å². The summed E-state index contributed by atoms with van der Waals surface area (Å²) in [5, 5.41) is 2.93. The van der Waals surface area contributed by atoms with Crippen LogP contribution in [0.15, 0.2) is 22.7 Å². The second kappa shape index (κ2) is 9.00. The number of hydrogen-bond acceptors (Lipinski definition) is 3. The number of nitrogens with one attached hydrogen (secondary N) is 1. The van der Waals surface area contributed by atoms with Gasteiger partial charge in [0, 0.05) is 23.2 Å². The highest BCUT2D eigenvalue weighted by atomic mass is 79.9. The minimum Gasteiger partial charge on any atom is -0.341 e. The van der Waals surface area contributed by atoms with Crippen LogP contribution in [-0.2, 0) is 9.59 Å². The van der Waals surface area contributed by atoms with Crippen molar-refractivity contribution in [2.75, 3.05) is 32.0 Å². The summed E-state index contributed by atoms with van der Waals surface area (Å²) in [5.41, 5.74) is 1.79. The molecule has 26 heavy (non-hydrogen) atoms. The van der Waals surface area contributed by atoms with Crippen molar-refractivity contribution in [3.8, 4) is 0 Å². The van der Waals surface area contributed by atoms with Crippen molar-refractivity contribution in [3.63, 3.8) is 0 Å². The zero-order valence-corrected chi connectivity index (χ0v) is 18.0. The van der Waals surface area contributed by atoms with Crippen molar-refractivity contribution in [1.29, 1.82) is 0 Å². The predicted molar refractivity (Wildman–Crippen MR) is 109 cm³/mol. The van der Waals surface area contributed by atoms with Crippen LogP contribution in [0.1, 0.15) is 32.8 Å². The molecule has 1 aromatic carbocycles. The zero-order valence-electron chi connectivity index (χ0n) is 16.4. The maximum atomic E-state index is 12.8. The lowest BCUT2D eigenvalue weighted by molar-refractivity contribution is -0.139. The van der Waals surface area contributed by atoms with Gasteiger partial charge >= 0.3 is 0 Å². The fraction of sp³-hybridized carbons (Fsp3) is 0.600. The van der Waals surface area contributed by atoms with Crippen LogP contribution < -0.4 is 5.32 Å². The van der Waals surface area contributed by atoms with Crippen molar-refractivity contribution in [2.45, 2.75) is 40.2 Å². The Morgan fingerprint density at radius 2 is 1.92 bits per heavy atom. The number of hydrogen-bond donors (Lipinski definition) is 1. The van der Waals surface area contributed by atoms with Crippen LogP contribution in [0.25, 0.3) is 0 Å². The van der Waals surface area contributed by atoms with Gasteiger partial charge in [-0.3, -0.25) is 14.5 Å². The first-order chi connectivity index (χ1) is 12.2. The molecular weight excluding hydrogens is 394 g/mol. The van der Waals surface area contributed by atoms with Crippen LogP contribution >= 0.6 is 15.9 Å². The van der Waals surface area contributed by atoms with Crippen LogP contribution in [0.4, 0.5) is 5.69 Å². The summed E-state index contributed by atoms with van der Waals surface area (Å²) in [4.78, 5) is 29.0. The third kappa shape index (κ3) is 5.55. The molecule has 2 rings (SSSR count). The molecule has 144 valence electrons. The first kappa shape index (κ1) is 20.9. The van der Waals surface area contributed by atoms with Gasteiger partial charge in [-0.05, 0) is 62.9 Å². The Balaban J connectivity index is 1.92. The van der Waals surface area contributed by atoms with E-state index in [0.29, 0.717) is 11.8 Å². The summed E-state index contributed by atoms with van der Waals surface area (Å²) in [6.45, 7) is 10.0. The number of halogens is 1. The van der Waals surface area contributed by atoms with E-state index in [2.05, 4.69) is 35.1 Å². The summed E-state index contributed by atoms with van der Waals surface area (Å²) in [5.74, 6) is 1.06. The molecule has 1 aromatic rings. The van der Waals surface area contributed by atoms with Crippen LogP contribution in [0.2, 0.25) is 0 Å². The van der Waals surface area contributed by atoms with E-state index in [9.17, 15) is 9.59 Å². The molecule has 1 aliphatic rings. The molecule has 0 saturated carbocycles. The van der Waals surface area contributed by atoms with Gasteiger partial charge in [0.25, 0.3) is 0 Å². The second-order valence-corrected chi connectivity index (χ2v) is 8.70. The van der Waals surface area contributed by atoms with Crippen LogP contribution in [0, 0.1) is 18.8 Å². The summed E-state index contributed by atoms with van der Waals surface area (Å²) in [6, 6.07) is 5.42. The Bertz CT molecular complexity index is 654. The van der Waals surface area contributed by atoms with Gasteiger partial charge in [0.05, 0.1) is 12.6 Å². The normalized spacial score (nSPS) is 21.6. The number of piperidine rings is 1. The number of carbonyl (C=O) groups excluding carboxylic acids is 2. The average molecular weight is 424 g/mol. The molecule has 1 heterocycles. The van der Waals surface area contributed by atoms with Crippen LogP contribution in [0.3, 0.4) is 0 Å². The first-order valence-electron chi connectivity index (χ1n) is 9.22. The molecule has 0 aliphatic carbocycles. The molecule has 1 N–H and O–H groups in total. The molecular formula is C20H30BrN3O2.